The molecule has 0 amide bonds. The normalized spacial score (nSPS) is 14.7. The predicted molar refractivity (Wildman–Crippen MR) is 81.1 cm³/mol. The molecule has 0 saturated heterocycles. The van der Waals surface area contributed by atoms with Crippen molar-refractivity contribution in [2.75, 3.05) is 13.1 Å². The minimum absolute atomic E-state index is 0.211. The second-order valence-corrected chi connectivity index (χ2v) is 6.35. The Morgan fingerprint density at radius 1 is 1.11 bits per heavy atom. The van der Waals surface area contributed by atoms with Crippen molar-refractivity contribution in [1.82, 2.24) is 5.32 Å². The van der Waals surface area contributed by atoms with Gasteiger partial charge in [0.15, 0.2) is 0 Å². The van der Waals surface area contributed by atoms with Gasteiger partial charge in [0.25, 0.3) is 0 Å². The first-order valence-corrected chi connectivity index (χ1v) is 7.42. The molecule has 0 aliphatic rings. The summed E-state index contributed by atoms with van der Waals surface area (Å²) in [5.41, 5.74) is 0.907. The lowest BCUT2D eigenvalue weighted by Gasteiger charge is -2.21. The quantitative estimate of drug-likeness (QED) is 0.775. The molecule has 19 heavy (non-hydrogen) atoms. The number of nitrogens with one attached hydrogen (secondary N) is 1. The van der Waals surface area contributed by atoms with Crippen LogP contribution in [-0.2, 0) is 6.42 Å². The lowest BCUT2D eigenvalue weighted by molar-refractivity contribution is 0.357. The molecule has 2 atom stereocenters. The molecule has 1 N–H and O–H groups in total. The summed E-state index contributed by atoms with van der Waals surface area (Å²) in [6, 6.07) is 4.60. The topological polar surface area (TPSA) is 12.0 Å². The second kappa shape index (κ2) is 7.86. The van der Waals surface area contributed by atoms with E-state index in [2.05, 4.69) is 33.0 Å². The number of hydrogen-bond donors (Lipinski definition) is 1. The maximum atomic E-state index is 13.2. The van der Waals surface area contributed by atoms with Gasteiger partial charge in [0.1, 0.15) is 5.82 Å². The highest BCUT2D eigenvalue weighted by atomic mass is 35.5. The maximum absolute atomic E-state index is 13.2. The number of benzene rings is 1. The maximum Gasteiger partial charge on any atom is 0.123 e. The Morgan fingerprint density at radius 2 is 1.79 bits per heavy atom. The van der Waals surface area contributed by atoms with E-state index >= 15 is 0 Å². The van der Waals surface area contributed by atoms with Crippen molar-refractivity contribution in [3.05, 3.63) is 34.6 Å². The highest BCUT2D eigenvalue weighted by Crippen LogP contribution is 2.23. The molecule has 2 unspecified atom stereocenters. The molecule has 0 radical (unpaired) electrons. The van der Waals surface area contributed by atoms with E-state index in [1.165, 1.54) is 6.07 Å². The zero-order valence-electron chi connectivity index (χ0n) is 12.3. The van der Waals surface area contributed by atoms with E-state index in [0.29, 0.717) is 22.8 Å². The van der Waals surface area contributed by atoms with Crippen molar-refractivity contribution in [3.63, 3.8) is 0 Å². The van der Waals surface area contributed by atoms with Crippen LogP contribution in [0.5, 0.6) is 0 Å². The molecule has 0 aliphatic heterocycles. The van der Waals surface area contributed by atoms with Crippen LogP contribution >= 0.6 is 11.6 Å². The standard InChI is InChI=1S/C16H25ClFN/c1-11(2)9-19-10-13(4)12(3)7-14-8-15(18)5-6-16(14)17/h5-6,8,11-13,19H,7,9-10H2,1-4H3. The molecule has 1 rings (SSSR count). The molecule has 0 fully saturated rings. The highest BCUT2D eigenvalue weighted by molar-refractivity contribution is 6.31. The van der Waals surface area contributed by atoms with E-state index in [1.807, 2.05) is 0 Å². The molecular formula is C16H25ClFN. The third kappa shape index (κ3) is 5.92. The van der Waals surface area contributed by atoms with Crippen LogP contribution in [0.2, 0.25) is 5.02 Å². The molecule has 1 aromatic rings. The lowest BCUT2D eigenvalue weighted by Crippen LogP contribution is -2.28. The first-order valence-electron chi connectivity index (χ1n) is 7.04. The van der Waals surface area contributed by atoms with Crippen molar-refractivity contribution in [3.8, 4) is 0 Å². The van der Waals surface area contributed by atoms with Crippen LogP contribution < -0.4 is 5.32 Å². The summed E-state index contributed by atoms with van der Waals surface area (Å²) in [4.78, 5) is 0. The third-order valence-corrected chi connectivity index (χ3v) is 3.91. The Balaban J connectivity index is 2.49. The molecule has 108 valence electrons. The largest absolute Gasteiger partial charge is 0.316 e. The van der Waals surface area contributed by atoms with Gasteiger partial charge < -0.3 is 5.32 Å². The molecule has 1 aromatic carbocycles. The molecule has 0 bridgehead atoms. The number of hydrogen-bond acceptors (Lipinski definition) is 1. The zero-order chi connectivity index (χ0) is 14.4. The van der Waals surface area contributed by atoms with Gasteiger partial charge in [-0.2, -0.15) is 0 Å². The summed E-state index contributed by atoms with van der Waals surface area (Å²) < 4.78 is 13.2. The van der Waals surface area contributed by atoms with E-state index in [4.69, 9.17) is 11.6 Å². The second-order valence-electron chi connectivity index (χ2n) is 5.95. The summed E-state index contributed by atoms with van der Waals surface area (Å²) in [5.74, 6) is 1.47. The van der Waals surface area contributed by atoms with Gasteiger partial charge in [-0.25, -0.2) is 4.39 Å². The predicted octanol–water partition coefficient (Wildman–Crippen LogP) is 4.54. The first kappa shape index (κ1) is 16.5. The highest BCUT2D eigenvalue weighted by Gasteiger charge is 2.14. The van der Waals surface area contributed by atoms with Crippen molar-refractivity contribution in [1.29, 1.82) is 0 Å². The van der Waals surface area contributed by atoms with Crippen molar-refractivity contribution >= 4 is 11.6 Å². The zero-order valence-corrected chi connectivity index (χ0v) is 13.1. The lowest BCUT2D eigenvalue weighted by atomic mass is 9.89. The number of rotatable bonds is 7. The summed E-state index contributed by atoms with van der Waals surface area (Å²) in [7, 11) is 0. The van der Waals surface area contributed by atoms with Gasteiger partial charge in [-0.3, -0.25) is 0 Å². The van der Waals surface area contributed by atoms with Gasteiger partial charge >= 0.3 is 0 Å². The van der Waals surface area contributed by atoms with Gasteiger partial charge in [-0.15, -0.1) is 0 Å². The molecular weight excluding hydrogens is 261 g/mol. The van der Waals surface area contributed by atoms with Crippen molar-refractivity contribution < 1.29 is 4.39 Å². The van der Waals surface area contributed by atoms with E-state index in [9.17, 15) is 4.39 Å². The Bertz CT molecular complexity index is 392. The fourth-order valence-electron chi connectivity index (χ4n) is 2.05. The smallest absolute Gasteiger partial charge is 0.123 e. The Kier molecular flexibility index (Phi) is 6.81. The first-order chi connectivity index (χ1) is 8.90. The molecule has 1 nitrogen and oxygen atoms in total. The third-order valence-electron chi connectivity index (χ3n) is 3.54. The van der Waals surface area contributed by atoms with Crippen LogP contribution in [0.3, 0.4) is 0 Å². The fraction of sp³-hybridized carbons (Fsp3) is 0.625. The molecule has 0 aliphatic carbocycles. The van der Waals surface area contributed by atoms with E-state index in [1.54, 1.807) is 12.1 Å². The van der Waals surface area contributed by atoms with Crippen LogP contribution in [0.15, 0.2) is 18.2 Å². The van der Waals surface area contributed by atoms with Crippen LogP contribution in [0, 0.1) is 23.6 Å². The SMILES string of the molecule is CC(C)CNCC(C)C(C)Cc1cc(F)ccc1Cl. The van der Waals surface area contributed by atoms with Gasteiger partial charge in [0.2, 0.25) is 0 Å². The molecule has 0 heterocycles. The van der Waals surface area contributed by atoms with E-state index in [-0.39, 0.29) is 5.82 Å². The number of halogens is 2. The van der Waals surface area contributed by atoms with Crippen molar-refractivity contribution in [2.45, 2.75) is 34.1 Å². The van der Waals surface area contributed by atoms with Crippen LogP contribution in [0.4, 0.5) is 4.39 Å². The van der Waals surface area contributed by atoms with Crippen LogP contribution in [-0.4, -0.2) is 13.1 Å². The molecule has 0 aromatic heterocycles. The Morgan fingerprint density at radius 3 is 2.42 bits per heavy atom. The molecule has 0 spiro atoms. The summed E-state index contributed by atoms with van der Waals surface area (Å²) in [5, 5.41) is 4.13. The monoisotopic (exact) mass is 285 g/mol. The van der Waals surface area contributed by atoms with Crippen LogP contribution in [0.1, 0.15) is 33.3 Å². The van der Waals surface area contributed by atoms with E-state index < -0.39 is 0 Å². The molecule has 3 heteroatoms. The minimum Gasteiger partial charge on any atom is -0.316 e. The van der Waals surface area contributed by atoms with Gasteiger partial charge in [-0.05, 0) is 61.0 Å². The van der Waals surface area contributed by atoms with Gasteiger partial charge in [0, 0.05) is 5.02 Å². The van der Waals surface area contributed by atoms with Gasteiger partial charge in [-0.1, -0.05) is 39.3 Å². The minimum atomic E-state index is -0.211. The molecule has 0 saturated carbocycles. The summed E-state index contributed by atoms with van der Waals surface area (Å²) in [6.07, 6.45) is 0.821. The Hall–Kier alpha value is -0.600. The van der Waals surface area contributed by atoms with Crippen molar-refractivity contribution in [2.24, 2.45) is 17.8 Å². The summed E-state index contributed by atoms with van der Waals surface area (Å²) in [6.45, 7) is 10.9. The Labute approximate surface area is 121 Å². The average Bonchev–Trinajstić information content (AvgIpc) is 2.33. The van der Waals surface area contributed by atoms with Crippen LogP contribution in [0.25, 0.3) is 0 Å². The average molecular weight is 286 g/mol. The summed E-state index contributed by atoms with van der Waals surface area (Å²) >= 11 is 6.11. The fourth-order valence-corrected chi connectivity index (χ4v) is 2.24. The van der Waals surface area contributed by atoms with Gasteiger partial charge in [0.05, 0.1) is 0 Å². The van der Waals surface area contributed by atoms with E-state index in [0.717, 1.165) is 25.1 Å².